The topological polar surface area (TPSA) is 35.5 Å². The molecule has 0 aromatic rings. The van der Waals surface area contributed by atoms with Crippen molar-refractivity contribution in [3.05, 3.63) is 0 Å². The van der Waals surface area contributed by atoms with Crippen LogP contribution in [-0.4, -0.2) is 48.3 Å². The molecule has 2 saturated carbocycles. The largest absolute Gasteiger partial charge is 0.393 e. The number of nitrogens with zero attached hydrogens (tertiary/aromatic N) is 1. The summed E-state index contributed by atoms with van der Waals surface area (Å²) >= 11 is 0. The van der Waals surface area contributed by atoms with E-state index in [0.29, 0.717) is 17.9 Å². The second kappa shape index (κ2) is 7.43. The average Bonchev–Trinajstić information content (AvgIpc) is 3.22. The summed E-state index contributed by atoms with van der Waals surface area (Å²) in [5, 5.41) is 14.1. The number of likely N-dealkylation sites (N-methyl/N-ethyl adjacent to an activating group) is 1. The summed E-state index contributed by atoms with van der Waals surface area (Å²) in [5.41, 5.74) is 0. The lowest BCUT2D eigenvalue weighted by Gasteiger charge is -2.39. The smallest absolute Gasteiger partial charge is 0.0571 e. The summed E-state index contributed by atoms with van der Waals surface area (Å²) in [6, 6.07) is 0.649. The van der Waals surface area contributed by atoms with Crippen LogP contribution in [0.5, 0.6) is 0 Å². The molecule has 0 spiro atoms. The normalized spacial score (nSPS) is 33.4. The lowest BCUT2D eigenvalue weighted by atomic mass is 9.88. The van der Waals surface area contributed by atoms with Crippen LogP contribution in [0.2, 0.25) is 0 Å². The molecule has 3 fully saturated rings. The number of likely N-dealkylation sites (tertiary alicyclic amines) is 1. The molecule has 21 heavy (non-hydrogen) atoms. The zero-order valence-electron chi connectivity index (χ0n) is 13.8. The molecule has 3 unspecified atom stereocenters. The Kier molecular flexibility index (Phi) is 5.58. The van der Waals surface area contributed by atoms with E-state index in [9.17, 15) is 5.11 Å². The first kappa shape index (κ1) is 15.8. The molecule has 3 atom stereocenters. The Labute approximate surface area is 130 Å². The second-order valence-electron chi connectivity index (χ2n) is 7.85. The van der Waals surface area contributed by atoms with Gasteiger partial charge in [-0.3, -0.25) is 0 Å². The van der Waals surface area contributed by atoms with E-state index in [0.717, 1.165) is 18.9 Å². The molecule has 3 nitrogen and oxygen atoms in total. The maximum absolute atomic E-state index is 10.3. The third kappa shape index (κ3) is 4.67. The predicted molar refractivity (Wildman–Crippen MR) is 87.3 cm³/mol. The summed E-state index contributed by atoms with van der Waals surface area (Å²) in [6.45, 7) is 7.05. The van der Waals surface area contributed by atoms with Gasteiger partial charge in [0.2, 0.25) is 0 Å². The van der Waals surface area contributed by atoms with Gasteiger partial charge >= 0.3 is 0 Å². The van der Waals surface area contributed by atoms with Gasteiger partial charge in [0.1, 0.15) is 0 Å². The summed E-state index contributed by atoms with van der Waals surface area (Å²) in [7, 11) is 0. The highest BCUT2D eigenvalue weighted by molar-refractivity contribution is 4.88. The first-order chi connectivity index (χ1) is 10.2. The van der Waals surface area contributed by atoms with Crippen LogP contribution in [0.3, 0.4) is 0 Å². The molecular formula is C18H34N2O. The Bertz CT molecular complexity index is 312. The third-order valence-corrected chi connectivity index (χ3v) is 5.97. The van der Waals surface area contributed by atoms with E-state index < -0.39 is 0 Å². The highest BCUT2D eigenvalue weighted by atomic mass is 16.3. The quantitative estimate of drug-likeness (QED) is 0.758. The Morgan fingerprint density at radius 1 is 1.10 bits per heavy atom. The lowest BCUT2D eigenvalue weighted by molar-refractivity contribution is 0.0762. The minimum Gasteiger partial charge on any atom is -0.393 e. The van der Waals surface area contributed by atoms with Crippen LogP contribution in [0.4, 0.5) is 0 Å². The Morgan fingerprint density at radius 3 is 2.52 bits per heavy atom. The molecule has 0 radical (unpaired) electrons. The van der Waals surface area contributed by atoms with Crippen LogP contribution in [0.1, 0.15) is 58.3 Å². The van der Waals surface area contributed by atoms with Crippen LogP contribution in [0.25, 0.3) is 0 Å². The van der Waals surface area contributed by atoms with Crippen molar-refractivity contribution in [2.24, 2.45) is 17.8 Å². The number of hydrogen-bond acceptors (Lipinski definition) is 3. The van der Waals surface area contributed by atoms with E-state index in [2.05, 4.69) is 17.1 Å². The monoisotopic (exact) mass is 294 g/mol. The van der Waals surface area contributed by atoms with Gasteiger partial charge in [0.15, 0.2) is 0 Å². The van der Waals surface area contributed by atoms with Crippen molar-refractivity contribution in [1.82, 2.24) is 10.2 Å². The molecule has 2 aliphatic carbocycles. The molecule has 1 heterocycles. The van der Waals surface area contributed by atoms with E-state index >= 15 is 0 Å². The van der Waals surface area contributed by atoms with Crippen LogP contribution >= 0.6 is 0 Å². The van der Waals surface area contributed by atoms with Gasteiger partial charge in [-0.15, -0.1) is 0 Å². The standard InChI is InChI=1S/C18H34N2O/c1-2-20-12-15(10-18(21)16-7-8-16)9-17(13-20)19-11-14-5-3-4-6-14/h14-19,21H,2-13H2,1H3. The van der Waals surface area contributed by atoms with Crippen molar-refractivity contribution < 1.29 is 5.11 Å². The van der Waals surface area contributed by atoms with Gasteiger partial charge in [0, 0.05) is 19.1 Å². The molecule has 0 aromatic heterocycles. The summed E-state index contributed by atoms with van der Waals surface area (Å²) in [6.07, 6.45) is 10.5. The van der Waals surface area contributed by atoms with Gasteiger partial charge < -0.3 is 15.3 Å². The van der Waals surface area contributed by atoms with Gasteiger partial charge in [-0.2, -0.15) is 0 Å². The predicted octanol–water partition coefficient (Wildman–Crippen LogP) is 2.64. The molecule has 122 valence electrons. The summed E-state index contributed by atoms with van der Waals surface area (Å²) < 4.78 is 0. The SMILES string of the molecule is CCN1CC(CC(O)C2CC2)CC(NCC2CCCC2)C1. The van der Waals surface area contributed by atoms with Crippen molar-refractivity contribution in [3.8, 4) is 0 Å². The van der Waals surface area contributed by atoms with Gasteiger partial charge in [-0.25, -0.2) is 0 Å². The van der Waals surface area contributed by atoms with Gasteiger partial charge in [0.25, 0.3) is 0 Å². The molecule has 0 aromatic carbocycles. The number of piperidine rings is 1. The van der Waals surface area contributed by atoms with E-state index in [-0.39, 0.29) is 6.10 Å². The molecule has 3 aliphatic rings. The van der Waals surface area contributed by atoms with Crippen LogP contribution < -0.4 is 5.32 Å². The first-order valence-electron chi connectivity index (χ1n) is 9.38. The first-order valence-corrected chi connectivity index (χ1v) is 9.38. The molecule has 2 N–H and O–H groups in total. The highest BCUT2D eigenvalue weighted by Gasteiger charge is 2.34. The number of aliphatic hydroxyl groups excluding tert-OH is 1. The summed E-state index contributed by atoms with van der Waals surface area (Å²) in [5.74, 6) is 2.25. The molecule has 0 amide bonds. The number of aliphatic hydroxyl groups is 1. The van der Waals surface area contributed by atoms with Gasteiger partial charge in [-0.1, -0.05) is 19.8 Å². The molecule has 1 aliphatic heterocycles. The van der Waals surface area contributed by atoms with Crippen molar-refractivity contribution >= 4 is 0 Å². The fourth-order valence-electron chi connectivity index (χ4n) is 4.44. The fourth-order valence-corrected chi connectivity index (χ4v) is 4.44. The maximum Gasteiger partial charge on any atom is 0.0571 e. The van der Waals surface area contributed by atoms with Crippen LogP contribution in [-0.2, 0) is 0 Å². The van der Waals surface area contributed by atoms with E-state index in [4.69, 9.17) is 0 Å². The third-order valence-electron chi connectivity index (χ3n) is 5.97. The number of nitrogens with one attached hydrogen (secondary N) is 1. The molecule has 3 heteroatoms. The minimum absolute atomic E-state index is 0.0257. The molecular weight excluding hydrogens is 260 g/mol. The van der Waals surface area contributed by atoms with E-state index in [1.165, 1.54) is 64.6 Å². The van der Waals surface area contributed by atoms with Crippen molar-refractivity contribution in [2.45, 2.75) is 70.4 Å². The van der Waals surface area contributed by atoms with Crippen molar-refractivity contribution in [3.63, 3.8) is 0 Å². The van der Waals surface area contributed by atoms with Crippen LogP contribution in [0, 0.1) is 17.8 Å². The van der Waals surface area contributed by atoms with E-state index in [1.54, 1.807) is 0 Å². The Balaban J connectivity index is 1.45. The maximum atomic E-state index is 10.3. The summed E-state index contributed by atoms with van der Waals surface area (Å²) in [4.78, 5) is 2.58. The highest BCUT2D eigenvalue weighted by Crippen LogP contribution is 2.36. The van der Waals surface area contributed by atoms with E-state index in [1.807, 2.05) is 0 Å². The second-order valence-corrected chi connectivity index (χ2v) is 7.85. The molecule has 0 bridgehead atoms. The number of rotatable bonds is 7. The zero-order valence-corrected chi connectivity index (χ0v) is 13.8. The average molecular weight is 294 g/mol. The number of hydrogen-bond donors (Lipinski definition) is 2. The van der Waals surface area contributed by atoms with Crippen LogP contribution in [0.15, 0.2) is 0 Å². The van der Waals surface area contributed by atoms with Crippen molar-refractivity contribution in [2.75, 3.05) is 26.2 Å². The molecule has 3 rings (SSSR count). The zero-order chi connectivity index (χ0) is 14.7. The Hall–Kier alpha value is -0.120. The Morgan fingerprint density at radius 2 is 1.86 bits per heavy atom. The fraction of sp³-hybridized carbons (Fsp3) is 1.00. The van der Waals surface area contributed by atoms with Gasteiger partial charge in [-0.05, 0) is 69.4 Å². The van der Waals surface area contributed by atoms with Gasteiger partial charge in [0.05, 0.1) is 6.10 Å². The lowest BCUT2D eigenvalue weighted by Crippen LogP contribution is -2.50. The molecule has 1 saturated heterocycles. The minimum atomic E-state index is -0.0257. The van der Waals surface area contributed by atoms with Crippen molar-refractivity contribution in [1.29, 1.82) is 0 Å².